The lowest BCUT2D eigenvalue weighted by Gasteiger charge is -2.43. The van der Waals surface area contributed by atoms with Crippen LogP contribution in [0.15, 0.2) is 54.4 Å². The van der Waals surface area contributed by atoms with Crippen LogP contribution in [0.25, 0.3) is 0 Å². The quantitative estimate of drug-likeness (QED) is 0.619. The Morgan fingerprint density at radius 3 is 3.24 bits per heavy atom. The minimum atomic E-state index is 0.515. The van der Waals surface area contributed by atoms with Crippen molar-refractivity contribution in [3.05, 3.63) is 54.4 Å². The highest BCUT2D eigenvalue weighted by Gasteiger charge is 2.45. The first kappa shape index (κ1) is 13.1. The first-order valence-corrected chi connectivity index (χ1v) is 8.90. The van der Waals surface area contributed by atoms with E-state index in [1.165, 1.54) is 17.7 Å². The summed E-state index contributed by atoms with van der Waals surface area (Å²) in [7, 11) is 0.977. The minimum absolute atomic E-state index is 0.515. The van der Waals surface area contributed by atoms with Gasteiger partial charge in [-0.2, -0.15) is 0 Å². The molecule has 0 aromatic carbocycles. The molecule has 4 rings (SSSR count). The third kappa shape index (κ3) is 2.03. The molecule has 2 aliphatic heterocycles. The van der Waals surface area contributed by atoms with E-state index in [4.69, 9.17) is 0 Å². The van der Waals surface area contributed by atoms with Gasteiger partial charge in [0.2, 0.25) is 0 Å². The highest BCUT2D eigenvalue weighted by molar-refractivity contribution is 7.41. The van der Waals surface area contributed by atoms with Gasteiger partial charge in [-0.15, -0.1) is 0 Å². The fourth-order valence-electron chi connectivity index (χ4n) is 3.35. The van der Waals surface area contributed by atoms with Crippen molar-refractivity contribution in [1.29, 1.82) is 0 Å². The second kappa shape index (κ2) is 5.31. The fourth-order valence-corrected chi connectivity index (χ4v) is 4.64. The summed E-state index contributed by atoms with van der Waals surface area (Å²) < 4.78 is 0. The largest absolute Gasteiger partial charge is 0.340 e. The Bertz CT molecular complexity index is 635. The van der Waals surface area contributed by atoms with Crippen molar-refractivity contribution in [2.45, 2.75) is 25.7 Å². The number of anilines is 2. The van der Waals surface area contributed by atoms with E-state index in [0.717, 1.165) is 27.2 Å². The number of rotatable bonds is 3. The Kier molecular flexibility index (Phi) is 3.31. The predicted octanol–water partition coefficient (Wildman–Crippen LogP) is 4.07. The number of allylic oxidation sites excluding steroid dienone is 6. The molecule has 1 fully saturated rings. The highest BCUT2D eigenvalue weighted by atomic mass is 31.1. The average Bonchev–Trinajstić information content (AvgIpc) is 2.72. The summed E-state index contributed by atoms with van der Waals surface area (Å²) in [6, 6.07) is 4.26. The summed E-state index contributed by atoms with van der Waals surface area (Å²) >= 11 is 0. The standard InChI is InChI=1S/C17H20N3P/c1-2-3-7-13-8-4-5-9-14(13)20-16-15(10-6-11-18-16)19-12-21-17(19)20/h2-6,9-11,13,17,21H,7-8,12H2,1H3/t13?,17-/m0/s1. The summed E-state index contributed by atoms with van der Waals surface area (Å²) in [5, 5.41) is 0. The van der Waals surface area contributed by atoms with Crippen molar-refractivity contribution in [3.8, 4) is 0 Å². The number of nitrogens with zero attached hydrogens (tertiary/aromatic N) is 3. The van der Waals surface area contributed by atoms with Gasteiger partial charge in [-0.25, -0.2) is 4.98 Å². The number of hydrogen-bond donors (Lipinski definition) is 0. The Morgan fingerprint density at radius 2 is 2.43 bits per heavy atom. The maximum atomic E-state index is 4.68. The van der Waals surface area contributed by atoms with Crippen molar-refractivity contribution in [3.63, 3.8) is 0 Å². The van der Waals surface area contributed by atoms with Gasteiger partial charge in [0.25, 0.3) is 0 Å². The molecule has 108 valence electrons. The molecule has 3 atom stereocenters. The molecule has 1 aliphatic carbocycles. The van der Waals surface area contributed by atoms with E-state index in [1.807, 2.05) is 12.3 Å². The zero-order valence-electron chi connectivity index (χ0n) is 12.2. The summed E-state index contributed by atoms with van der Waals surface area (Å²) in [4.78, 5) is 9.66. The molecule has 0 amide bonds. The lowest BCUT2D eigenvalue weighted by molar-refractivity contribution is 0.585. The van der Waals surface area contributed by atoms with Crippen LogP contribution in [0.2, 0.25) is 0 Å². The number of hydrogen-bond acceptors (Lipinski definition) is 3. The second-order valence-electron chi connectivity index (χ2n) is 5.68. The van der Waals surface area contributed by atoms with Gasteiger partial charge in [-0.1, -0.05) is 32.9 Å². The SMILES string of the molecule is CC=CCC1CC=CC=C1N1c2ncccc2N2CP[C@@H]21. The summed E-state index contributed by atoms with van der Waals surface area (Å²) in [5.74, 6) is 2.24. The topological polar surface area (TPSA) is 19.4 Å². The van der Waals surface area contributed by atoms with Crippen LogP contribution in [0.3, 0.4) is 0 Å². The highest BCUT2D eigenvalue weighted by Crippen LogP contribution is 2.54. The van der Waals surface area contributed by atoms with Crippen LogP contribution in [-0.2, 0) is 0 Å². The number of fused-ring (bicyclic) bond motifs is 3. The van der Waals surface area contributed by atoms with E-state index < -0.39 is 0 Å². The molecule has 21 heavy (non-hydrogen) atoms. The third-order valence-corrected chi connectivity index (χ3v) is 5.92. The van der Waals surface area contributed by atoms with Gasteiger partial charge in [-0.05, 0) is 38.0 Å². The van der Waals surface area contributed by atoms with E-state index in [2.05, 4.69) is 58.2 Å². The van der Waals surface area contributed by atoms with E-state index in [9.17, 15) is 0 Å². The van der Waals surface area contributed by atoms with Crippen LogP contribution in [0.1, 0.15) is 19.8 Å². The van der Waals surface area contributed by atoms with Crippen LogP contribution in [0.5, 0.6) is 0 Å². The van der Waals surface area contributed by atoms with Gasteiger partial charge in [0.1, 0.15) is 5.91 Å². The molecule has 0 N–H and O–H groups in total. The molecule has 0 radical (unpaired) electrons. The summed E-state index contributed by atoms with van der Waals surface area (Å²) in [5.41, 5.74) is 2.75. The van der Waals surface area contributed by atoms with Crippen molar-refractivity contribution in [2.24, 2.45) is 5.92 Å². The van der Waals surface area contributed by atoms with Gasteiger partial charge in [-0.3, -0.25) is 0 Å². The lowest BCUT2D eigenvalue weighted by atomic mass is 9.92. The van der Waals surface area contributed by atoms with E-state index in [-0.39, 0.29) is 0 Å². The van der Waals surface area contributed by atoms with Crippen molar-refractivity contribution in [2.75, 3.05) is 16.1 Å². The van der Waals surface area contributed by atoms with Crippen LogP contribution < -0.4 is 9.80 Å². The van der Waals surface area contributed by atoms with Crippen molar-refractivity contribution >= 4 is 20.1 Å². The van der Waals surface area contributed by atoms with Gasteiger partial charge < -0.3 is 9.80 Å². The van der Waals surface area contributed by atoms with E-state index in [1.54, 1.807) is 0 Å². The Balaban J connectivity index is 1.72. The molecule has 0 saturated carbocycles. The molecule has 3 aliphatic rings. The fraction of sp³-hybridized carbons (Fsp3) is 0.353. The molecule has 0 spiro atoms. The molecule has 4 heteroatoms. The van der Waals surface area contributed by atoms with Crippen molar-refractivity contribution < 1.29 is 0 Å². The molecule has 3 nitrogen and oxygen atoms in total. The molecule has 1 aromatic heterocycles. The molecule has 3 heterocycles. The number of aromatic nitrogens is 1. The van der Waals surface area contributed by atoms with Gasteiger partial charge in [0.15, 0.2) is 5.82 Å². The van der Waals surface area contributed by atoms with Crippen LogP contribution >= 0.6 is 8.58 Å². The van der Waals surface area contributed by atoms with Crippen LogP contribution in [-0.4, -0.2) is 17.2 Å². The lowest BCUT2D eigenvalue weighted by Crippen LogP contribution is -2.48. The average molecular weight is 297 g/mol. The molecule has 1 aromatic rings. The molecule has 0 bridgehead atoms. The van der Waals surface area contributed by atoms with Gasteiger partial charge in [0.05, 0.1) is 5.69 Å². The first-order valence-electron chi connectivity index (χ1n) is 7.62. The summed E-state index contributed by atoms with van der Waals surface area (Å²) in [6.45, 7) is 2.10. The molecular formula is C17H20N3P. The predicted molar refractivity (Wildman–Crippen MR) is 90.9 cm³/mol. The normalized spacial score (nSPS) is 27.8. The summed E-state index contributed by atoms with van der Waals surface area (Å²) in [6.07, 6.45) is 16.6. The minimum Gasteiger partial charge on any atom is -0.340 e. The molecule has 2 unspecified atom stereocenters. The van der Waals surface area contributed by atoms with Crippen LogP contribution in [0.4, 0.5) is 11.5 Å². The van der Waals surface area contributed by atoms with Gasteiger partial charge in [0, 0.05) is 24.1 Å². The maximum Gasteiger partial charge on any atom is 0.158 e. The van der Waals surface area contributed by atoms with E-state index >= 15 is 0 Å². The molecule has 1 saturated heterocycles. The Labute approximate surface area is 127 Å². The van der Waals surface area contributed by atoms with Crippen LogP contribution in [0, 0.1) is 5.92 Å². The zero-order valence-corrected chi connectivity index (χ0v) is 13.2. The smallest absolute Gasteiger partial charge is 0.158 e. The zero-order chi connectivity index (χ0) is 14.2. The molecular weight excluding hydrogens is 277 g/mol. The van der Waals surface area contributed by atoms with Crippen molar-refractivity contribution in [1.82, 2.24) is 4.98 Å². The maximum absolute atomic E-state index is 4.68. The number of pyridine rings is 1. The third-order valence-electron chi connectivity index (χ3n) is 4.46. The van der Waals surface area contributed by atoms with E-state index in [0.29, 0.717) is 11.8 Å². The monoisotopic (exact) mass is 297 g/mol. The Hall–Kier alpha value is -1.60. The first-order chi connectivity index (χ1) is 10.4. The van der Waals surface area contributed by atoms with Gasteiger partial charge >= 0.3 is 0 Å². The second-order valence-corrected chi connectivity index (χ2v) is 6.92. The Morgan fingerprint density at radius 1 is 1.48 bits per heavy atom.